The van der Waals surface area contributed by atoms with Gasteiger partial charge in [-0.1, -0.05) is 0 Å². The summed E-state index contributed by atoms with van der Waals surface area (Å²) in [6.45, 7) is 3.24. The first-order valence-electron chi connectivity index (χ1n) is 9.11. The van der Waals surface area contributed by atoms with Crippen molar-refractivity contribution in [1.29, 1.82) is 0 Å². The van der Waals surface area contributed by atoms with Gasteiger partial charge in [0.25, 0.3) is 5.91 Å². The lowest BCUT2D eigenvalue weighted by Crippen LogP contribution is -2.59. The molecule has 5 atom stereocenters. The van der Waals surface area contributed by atoms with Crippen LogP contribution >= 0.6 is 0 Å². The highest BCUT2D eigenvalue weighted by Gasteiger charge is 2.61. The standard InChI is InChI=1S/C18H27NO4/c1-12(15(20)19-4-2-3-5-19)23-16(21)17-7-13-6-14(8-17)10-18(22,9-13)11-17/h12-14,22H,2-11H2,1H3/t12-,13-,14+,17?,18?/m1/s1. The maximum atomic E-state index is 12.9. The maximum Gasteiger partial charge on any atom is 0.312 e. The van der Waals surface area contributed by atoms with E-state index in [-0.39, 0.29) is 11.9 Å². The van der Waals surface area contributed by atoms with Crippen LogP contribution in [0, 0.1) is 17.3 Å². The normalized spacial score (nSPS) is 42.8. The fourth-order valence-electron chi connectivity index (χ4n) is 5.98. The van der Waals surface area contributed by atoms with E-state index in [9.17, 15) is 14.7 Å². The molecule has 5 aliphatic rings. The second-order valence-electron chi connectivity index (χ2n) is 8.55. The Bertz CT molecular complexity index is 511. The van der Waals surface area contributed by atoms with Crippen LogP contribution in [0.2, 0.25) is 0 Å². The Morgan fingerprint density at radius 1 is 1.13 bits per heavy atom. The van der Waals surface area contributed by atoms with E-state index in [1.807, 2.05) is 0 Å². The van der Waals surface area contributed by atoms with Gasteiger partial charge in [0, 0.05) is 13.1 Å². The third-order valence-corrected chi connectivity index (χ3v) is 6.51. The van der Waals surface area contributed by atoms with Crippen molar-refractivity contribution < 1.29 is 19.4 Å². The second-order valence-corrected chi connectivity index (χ2v) is 8.55. The molecule has 5 fully saturated rings. The number of esters is 1. The summed E-state index contributed by atoms with van der Waals surface area (Å²) in [5.41, 5.74) is -1.22. The summed E-state index contributed by atoms with van der Waals surface area (Å²) in [6.07, 6.45) is 6.35. The maximum absolute atomic E-state index is 12.9. The smallest absolute Gasteiger partial charge is 0.312 e. The number of amides is 1. The highest BCUT2D eigenvalue weighted by atomic mass is 16.5. The predicted octanol–water partition coefficient (Wildman–Crippen LogP) is 1.87. The Hall–Kier alpha value is -1.10. The number of likely N-dealkylation sites (tertiary alicyclic amines) is 1. The molecule has 4 bridgehead atoms. The van der Waals surface area contributed by atoms with Gasteiger partial charge in [-0.25, -0.2) is 0 Å². The molecule has 0 aromatic heterocycles. The minimum absolute atomic E-state index is 0.0701. The molecule has 0 radical (unpaired) electrons. The van der Waals surface area contributed by atoms with Crippen LogP contribution in [0.4, 0.5) is 0 Å². The molecule has 1 amide bonds. The van der Waals surface area contributed by atoms with Crippen molar-refractivity contribution >= 4 is 11.9 Å². The third-order valence-electron chi connectivity index (χ3n) is 6.51. The zero-order chi connectivity index (χ0) is 16.2. The van der Waals surface area contributed by atoms with Gasteiger partial charge in [-0.15, -0.1) is 0 Å². The summed E-state index contributed by atoms with van der Waals surface area (Å²) in [5.74, 6) is 0.571. The molecule has 0 spiro atoms. The number of carbonyl (C=O) groups excluding carboxylic acids is 2. The van der Waals surface area contributed by atoms with Crippen molar-refractivity contribution in [1.82, 2.24) is 4.90 Å². The molecular weight excluding hydrogens is 294 g/mol. The molecule has 5 rings (SSSR count). The van der Waals surface area contributed by atoms with Gasteiger partial charge in [0.1, 0.15) is 0 Å². The number of aliphatic hydroxyl groups is 1. The molecule has 1 N–H and O–H groups in total. The van der Waals surface area contributed by atoms with E-state index in [1.54, 1.807) is 11.8 Å². The molecule has 23 heavy (non-hydrogen) atoms. The molecule has 1 heterocycles. The summed E-state index contributed by atoms with van der Waals surface area (Å²) < 4.78 is 5.61. The molecule has 0 aromatic rings. The largest absolute Gasteiger partial charge is 0.452 e. The molecule has 4 aliphatic carbocycles. The molecule has 0 aromatic carbocycles. The zero-order valence-electron chi connectivity index (χ0n) is 13.9. The lowest BCUT2D eigenvalue weighted by molar-refractivity contribution is -0.200. The van der Waals surface area contributed by atoms with Gasteiger partial charge in [-0.05, 0) is 70.1 Å². The number of carbonyl (C=O) groups is 2. The van der Waals surface area contributed by atoms with Crippen LogP contribution in [0.1, 0.15) is 58.3 Å². The van der Waals surface area contributed by atoms with Crippen molar-refractivity contribution in [3.8, 4) is 0 Å². The van der Waals surface area contributed by atoms with Crippen molar-refractivity contribution in [2.45, 2.75) is 70.0 Å². The van der Waals surface area contributed by atoms with Gasteiger partial charge in [-0.3, -0.25) is 9.59 Å². The van der Waals surface area contributed by atoms with Crippen LogP contribution in [-0.4, -0.2) is 46.7 Å². The molecule has 2 unspecified atom stereocenters. The third kappa shape index (κ3) is 2.57. The minimum atomic E-state index is -0.705. The first-order valence-corrected chi connectivity index (χ1v) is 9.11. The van der Waals surface area contributed by atoms with Crippen molar-refractivity contribution in [3.63, 3.8) is 0 Å². The monoisotopic (exact) mass is 321 g/mol. The van der Waals surface area contributed by atoms with E-state index in [1.165, 1.54) is 0 Å². The summed E-state index contributed by atoms with van der Waals surface area (Å²) in [7, 11) is 0. The van der Waals surface area contributed by atoms with Gasteiger partial charge in [-0.2, -0.15) is 0 Å². The van der Waals surface area contributed by atoms with E-state index in [0.717, 1.165) is 58.0 Å². The van der Waals surface area contributed by atoms with Gasteiger partial charge < -0.3 is 14.7 Å². The van der Waals surface area contributed by atoms with Gasteiger partial charge >= 0.3 is 5.97 Å². The molecule has 5 nitrogen and oxygen atoms in total. The fourth-order valence-corrected chi connectivity index (χ4v) is 5.98. The SMILES string of the molecule is C[C@@H](OC(=O)C12C[C@@H]3C[C@@H](CC(O)(C3)C1)C2)C(=O)N1CCCC1. The number of rotatable bonds is 3. The lowest BCUT2D eigenvalue weighted by Gasteiger charge is -2.58. The Balaban J connectivity index is 1.45. The summed E-state index contributed by atoms with van der Waals surface area (Å²) in [5, 5.41) is 10.7. The summed E-state index contributed by atoms with van der Waals surface area (Å²) >= 11 is 0. The Morgan fingerprint density at radius 3 is 2.30 bits per heavy atom. The van der Waals surface area contributed by atoms with Crippen LogP contribution in [0.15, 0.2) is 0 Å². The van der Waals surface area contributed by atoms with Gasteiger partial charge in [0.15, 0.2) is 6.10 Å². The van der Waals surface area contributed by atoms with Gasteiger partial charge in [0.2, 0.25) is 0 Å². The van der Waals surface area contributed by atoms with Gasteiger partial charge in [0.05, 0.1) is 11.0 Å². The molecular formula is C18H27NO4. The Labute approximate surface area is 137 Å². The predicted molar refractivity (Wildman–Crippen MR) is 83.4 cm³/mol. The fraction of sp³-hybridized carbons (Fsp3) is 0.889. The number of hydrogen-bond acceptors (Lipinski definition) is 4. The number of nitrogens with zero attached hydrogens (tertiary/aromatic N) is 1. The molecule has 5 heteroatoms. The first kappa shape index (κ1) is 15.4. The Kier molecular flexibility index (Phi) is 3.49. The average Bonchev–Trinajstić information content (AvgIpc) is 2.97. The van der Waals surface area contributed by atoms with E-state index >= 15 is 0 Å². The second kappa shape index (κ2) is 5.20. The van der Waals surface area contributed by atoms with E-state index in [0.29, 0.717) is 18.3 Å². The summed E-state index contributed by atoms with van der Waals surface area (Å²) in [4.78, 5) is 27.0. The minimum Gasteiger partial charge on any atom is -0.452 e. The summed E-state index contributed by atoms with van der Waals surface area (Å²) in [6, 6.07) is 0. The topological polar surface area (TPSA) is 66.8 Å². The molecule has 1 saturated heterocycles. The van der Waals surface area contributed by atoms with Crippen molar-refractivity contribution in [2.75, 3.05) is 13.1 Å². The van der Waals surface area contributed by atoms with E-state index in [2.05, 4.69) is 0 Å². The lowest BCUT2D eigenvalue weighted by atomic mass is 9.48. The zero-order valence-corrected chi connectivity index (χ0v) is 13.9. The van der Waals surface area contributed by atoms with Crippen LogP contribution in [0.5, 0.6) is 0 Å². The molecule has 1 aliphatic heterocycles. The quantitative estimate of drug-likeness (QED) is 0.806. The van der Waals surface area contributed by atoms with E-state index < -0.39 is 17.1 Å². The highest BCUT2D eigenvalue weighted by molar-refractivity contribution is 5.85. The molecule has 128 valence electrons. The number of hydrogen-bond donors (Lipinski definition) is 1. The van der Waals surface area contributed by atoms with Crippen molar-refractivity contribution in [3.05, 3.63) is 0 Å². The van der Waals surface area contributed by atoms with Crippen LogP contribution in [0.3, 0.4) is 0 Å². The van der Waals surface area contributed by atoms with Crippen LogP contribution < -0.4 is 0 Å². The first-order chi connectivity index (χ1) is 10.9. The Morgan fingerprint density at radius 2 is 1.74 bits per heavy atom. The average molecular weight is 321 g/mol. The van der Waals surface area contributed by atoms with Crippen LogP contribution in [-0.2, 0) is 14.3 Å². The molecule has 4 saturated carbocycles. The van der Waals surface area contributed by atoms with Crippen molar-refractivity contribution in [2.24, 2.45) is 17.3 Å². The number of ether oxygens (including phenoxy) is 1. The highest BCUT2D eigenvalue weighted by Crippen LogP contribution is 2.62. The van der Waals surface area contributed by atoms with Crippen LogP contribution in [0.25, 0.3) is 0 Å². The van der Waals surface area contributed by atoms with E-state index in [4.69, 9.17) is 4.74 Å².